The molecule has 0 saturated carbocycles. The summed E-state index contributed by atoms with van der Waals surface area (Å²) in [6.07, 6.45) is 0. The Balaban J connectivity index is 1.55. The lowest BCUT2D eigenvalue weighted by atomic mass is 10.1. The van der Waals surface area contributed by atoms with E-state index in [2.05, 4.69) is 35.3 Å². The second kappa shape index (κ2) is 8.44. The molecule has 0 aliphatic carbocycles. The number of aromatic nitrogens is 3. The van der Waals surface area contributed by atoms with Gasteiger partial charge in [-0.25, -0.2) is 4.68 Å². The summed E-state index contributed by atoms with van der Waals surface area (Å²) in [6.45, 7) is 8.01. The first-order valence-corrected chi connectivity index (χ1v) is 13.9. The molecule has 0 saturated heterocycles. The molecule has 0 unspecified atom stereocenters. The van der Waals surface area contributed by atoms with Crippen LogP contribution in [0.25, 0.3) is 21.8 Å². The van der Waals surface area contributed by atoms with Crippen LogP contribution in [-0.2, 0) is 11.5 Å². The fourth-order valence-corrected chi connectivity index (χ4v) is 4.14. The Kier molecular flexibility index (Phi) is 5.70. The van der Waals surface area contributed by atoms with E-state index in [9.17, 15) is 10.1 Å². The number of hydrogen-bond donors (Lipinski definition) is 1. The average molecular weight is 436 g/mol. The molecule has 9 heteroatoms. The third-order valence-corrected chi connectivity index (χ3v) is 6.79. The lowest BCUT2D eigenvalue weighted by molar-refractivity contribution is -0.382. The van der Waals surface area contributed by atoms with E-state index in [1.165, 1.54) is 0 Å². The Morgan fingerprint density at radius 2 is 1.94 bits per heavy atom. The van der Waals surface area contributed by atoms with Gasteiger partial charge in [0.2, 0.25) is 0 Å². The van der Waals surface area contributed by atoms with Crippen LogP contribution in [0, 0.1) is 10.1 Å². The molecule has 1 aromatic heterocycles. The number of benzene rings is 3. The molecule has 0 atom stereocenters. The van der Waals surface area contributed by atoms with Crippen molar-refractivity contribution < 1.29 is 9.66 Å². The monoisotopic (exact) mass is 435 g/mol. The summed E-state index contributed by atoms with van der Waals surface area (Å²) in [5.41, 5.74) is 2.74. The van der Waals surface area contributed by atoms with Crippen LogP contribution in [0.5, 0.6) is 0 Å². The van der Waals surface area contributed by atoms with E-state index in [0.717, 1.165) is 16.9 Å². The van der Waals surface area contributed by atoms with Gasteiger partial charge in [-0.15, -0.1) is 5.10 Å². The summed E-state index contributed by atoms with van der Waals surface area (Å²) in [5.74, 6) is 0. The standard InChI is InChI=1S/C22H25N5O3Si/c1-31(2,3)13-12-30-15-26-21-11-9-17(14-20(21)24-25-26)23-19-10-8-16-6-4-5-7-18(16)22(19)27(28)29/h4-11,14,23H,12-13,15H2,1-3H3. The first-order valence-electron chi connectivity index (χ1n) is 10.2. The van der Waals surface area contributed by atoms with Crippen molar-refractivity contribution in [3.8, 4) is 0 Å². The van der Waals surface area contributed by atoms with E-state index in [4.69, 9.17) is 4.74 Å². The van der Waals surface area contributed by atoms with Crippen LogP contribution in [0.3, 0.4) is 0 Å². The summed E-state index contributed by atoms with van der Waals surface area (Å²) in [4.78, 5) is 11.4. The van der Waals surface area contributed by atoms with Crippen LogP contribution >= 0.6 is 0 Å². The van der Waals surface area contributed by atoms with Gasteiger partial charge in [0.05, 0.1) is 15.8 Å². The Morgan fingerprint density at radius 3 is 2.71 bits per heavy atom. The van der Waals surface area contributed by atoms with Crippen LogP contribution in [0.2, 0.25) is 25.7 Å². The SMILES string of the molecule is C[Si](C)(C)CCOCn1nnc2cc(Nc3ccc4ccccc4c3[N+](=O)[O-])ccc21. The van der Waals surface area contributed by atoms with Gasteiger partial charge in [0, 0.05) is 20.4 Å². The van der Waals surface area contributed by atoms with Crippen molar-refractivity contribution in [3.63, 3.8) is 0 Å². The first-order chi connectivity index (χ1) is 14.8. The summed E-state index contributed by atoms with van der Waals surface area (Å²) >= 11 is 0. The van der Waals surface area contributed by atoms with Gasteiger partial charge in [-0.3, -0.25) is 10.1 Å². The third kappa shape index (κ3) is 4.73. The average Bonchev–Trinajstić information content (AvgIpc) is 3.12. The maximum absolute atomic E-state index is 11.8. The van der Waals surface area contributed by atoms with Crippen LogP contribution in [0.4, 0.5) is 17.1 Å². The number of hydrogen-bond acceptors (Lipinski definition) is 6. The maximum atomic E-state index is 11.8. The molecule has 1 heterocycles. The molecule has 0 aliphatic heterocycles. The highest BCUT2D eigenvalue weighted by Gasteiger charge is 2.19. The first kappa shape index (κ1) is 20.9. The summed E-state index contributed by atoms with van der Waals surface area (Å²) < 4.78 is 7.50. The fraction of sp³-hybridized carbons (Fsp3) is 0.273. The Morgan fingerprint density at radius 1 is 1.13 bits per heavy atom. The number of fused-ring (bicyclic) bond motifs is 2. The Bertz CT molecular complexity index is 1250. The predicted molar refractivity (Wildman–Crippen MR) is 126 cm³/mol. The highest BCUT2D eigenvalue weighted by Crippen LogP contribution is 2.35. The molecule has 0 aliphatic rings. The molecule has 0 bridgehead atoms. The zero-order valence-electron chi connectivity index (χ0n) is 17.8. The largest absolute Gasteiger partial charge is 0.359 e. The van der Waals surface area contributed by atoms with E-state index >= 15 is 0 Å². The van der Waals surface area contributed by atoms with Crippen LogP contribution < -0.4 is 5.32 Å². The minimum absolute atomic E-state index is 0.0534. The molecule has 0 amide bonds. The van der Waals surface area contributed by atoms with E-state index in [0.29, 0.717) is 35.6 Å². The molecule has 0 spiro atoms. The van der Waals surface area contributed by atoms with Crippen LogP contribution in [0.15, 0.2) is 54.6 Å². The number of nitro benzene ring substituents is 1. The number of rotatable bonds is 8. The molecule has 1 N–H and O–H groups in total. The lowest BCUT2D eigenvalue weighted by Crippen LogP contribution is -2.22. The van der Waals surface area contributed by atoms with Crippen molar-refractivity contribution >= 4 is 46.9 Å². The van der Waals surface area contributed by atoms with E-state index < -0.39 is 8.07 Å². The molecule has 3 aromatic carbocycles. The van der Waals surface area contributed by atoms with Gasteiger partial charge in [-0.1, -0.05) is 49.1 Å². The maximum Gasteiger partial charge on any atom is 0.300 e. The zero-order chi connectivity index (χ0) is 22.0. The van der Waals surface area contributed by atoms with Crippen molar-refractivity contribution in [3.05, 3.63) is 64.7 Å². The highest BCUT2D eigenvalue weighted by molar-refractivity contribution is 6.76. The zero-order valence-corrected chi connectivity index (χ0v) is 18.8. The highest BCUT2D eigenvalue weighted by atomic mass is 28.3. The topological polar surface area (TPSA) is 95.1 Å². The van der Waals surface area contributed by atoms with E-state index in [1.807, 2.05) is 36.4 Å². The number of anilines is 2. The van der Waals surface area contributed by atoms with Crippen molar-refractivity contribution in [1.82, 2.24) is 15.0 Å². The molecule has 8 nitrogen and oxygen atoms in total. The number of ether oxygens (including phenoxy) is 1. The summed E-state index contributed by atoms with van der Waals surface area (Å²) in [6, 6.07) is 17.6. The Labute approximate surface area is 181 Å². The molecule has 0 fully saturated rings. The quantitative estimate of drug-likeness (QED) is 0.169. The smallest absolute Gasteiger partial charge is 0.300 e. The molecular weight excluding hydrogens is 410 g/mol. The summed E-state index contributed by atoms with van der Waals surface area (Å²) in [7, 11) is -1.13. The van der Waals surface area contributed by atoms with Crippen LogP contribution in [-0.4, -0.2) is 34.6 Å². The van der Waals surface area contributed by atoms with Crippen LogP contribution in [0.1, 0.15) is 0 Å². The van der Waals surface area contributed by atoms with Gasteiger partial charge in [0.1, 0.15) is 17.9 Å². The van der Waals surface area contributed by atoms with Gasteiger partial charge in [0.25, 0.3) is 5.69 Å². The van der Waals surface area contributed by atoms with Gasteiger partial charge in [-0.05, 0) is 41.8 Å². The number of nitro groups is 1. The third-order valence-electron chi connectivity index (χ3n) is 5.09. The van der Waals surface area contributed by atoms with Crippen molar-refractivity contribution in [2.24, 2.45) is 0 Å². The molecule has 4 aromatic rings. The van der Waals surface area contributed by atoms with Gasteiger partial charge in [-0.2, -0.15) is 0 Å². The fourth-order valence-electron chi connectivity index (χ4n) is 3.38. The minimum Gasteiger partial charge on any atom is -0.359 e. The molecule has 0 radical (unpaired) electrons. The predicted octanol–water partition coefficient (Wildman–Crippen LogP) is 5.55. The van der Waals surface area contributed by atoms with Crippen molar-refractivity contribution in [2.75, 3.05) is 11.9 Å². The van der Waals surface area contributed by atoms with E-state index in [1.54, 1.807) is 22.9 Å². The van der Waals surface area contributed by atoms with Crippen molar-refractivity contribution in [1.29, 1.82) is 0 Å². The van der Waals surface area contributed by atoms with Crippen molar-refractivity contribution in [2.45, 2.75) is 32.4 Å². The number of nitrogens with zero attached hydrogens (tertiary/aromatic N) is 4. The molecule has 4 rings (SSSR count). The summed E-state index contributed by atoms with van der Waals surface area (Å²) in [5, 5.41) is 24.8. The normalized spacial score (nSPS) is 11.8. The lowest BCUT2D eigenvalue weighted by Gasteiger charge is -2.15. The minimum atomic E-state index is -1.13. The second-order valence-corrected chi connectivity index (χ2v) is 14.3. The van der Waals surface area contributed by atoms with Gasteiger partial charge in [0.15, 0.2) is 0 Å². The van der Waals surface area contributed by atoms with E-state index in [-0.39, 0.29) is 10.6 Å². The van der Waals surface area contributed by atoms with Gasteiger partial charge >= 0.3 is 0 Å². The van der Waals surface area contributed by atoms with Gasteiger partial charge < -0.3 is 10.1 Å². The molecule has 31 heavy (non-hydrogen) atoms. The Hall–Kier alpha value is -3.30. The molecular formula is C22H25N5O3Si. The number of nitrogens with one attached hydrogen (secondary N) is 1. The molecule has 160 valence electrons. The second-order valence-electron chi connectivity index (χ2n) is 8.71.